The first kappa shape index (κ1) is 17.0. The second kappa shape index (κ2) is 6.08. The summed E-state index contributed by atoms with van der Waals surface area (Å²) in [5, 5.41) is 12.7. The number of hydrogen-bond acceptors (Lipinski definition) is 4. The van der Waals surface area contributed by atoms with Gasteiger partial charge in [0.2, 0.25) is 0 Å². The molecule has 2 aliphatic carbocycles. The van der Waals surface area contributed by atoms with E-state index in [4.69, 9.17) is 0 Å². The predicted octanol–water partition coefficient (Wildman–Crippen LogP) is 3.69. The summed E-state index contributed by atoms with van der Waals surface area (Å²) in [4.78, 5) is 6.57. The fraction of sp³-hybridized carbons (Fsp3) is 0.800. The van der Waals surface area contributed by atoms with Crippen LogP contribution in [0.5, 0.6) is 0 Å². The van der Waals surface area contributed by atoms with Crippen LogP contribution in [-0.2, 0) is 5.54 Å². The molecule has 1 aromatic heterocycles. The summed E-state index contributed by atoms with van der Waals surface area (Å²) in [6.07, 6.45) is 9.78. The quantitative estimate of drug-likeness (QED) is 0.899. The maximum Gasteiger partial charge on any atom is 0.0774 e. The molecule has 1 aromatic rings. The second-order valence-corrected chi connectivity index (χ2v) is 9.89. The van der Waals surface area contributed by atoms with Crippen molar-refractivity contribution in [2.75, 3.05) is 33.7 Å². The second-order valence-electron chi connectivity index (χ2n) is 8.94. The van der Waals surface area contributed by atoms with Gasteiger partial charge in [0.05, 0.1) is 11.1 Å². The fourth-order valence-electron chi connectivity index (χ4n) is 5.38. The fourth-order valence-corrected chi connectivity index (χ4v) is 6.45. The minimum absolute atomic E-state index is 0.249. The van der Waals surface area contributed by atoms with Crippen LogP contribution in [0.25, 0.3) is 0 Å². The Morgan fingerprint density at radius 3 is 2.42 bits per heavy atom. The van der Waals surface area contributed by atoms with Gasteiger partial charge in [-0.25, -0.2) is 0 Å². The molecule has 1 N–H and O–H groups in total. The van der Waals surface area contributed by atoms with Gasteiger partial charge >= 0.3 is 0 Å². The zero-order valence-electron chi connectivity index (χ0n) is 15.3. The summed E-state index contributed by atoms with van der Waals surface area (Å²) >= 11 is 1.92. The third-order valence-corrected chi connectivity index (χ3v) is 8.36. The van der Waals surface area contributed by atoms with Crippen LogP contribution in [0.3, 0.4) is 0 Å². The maximum atomic E-state index is 10.5. The molecule has 0 atom stereocenters. The highest BCUT2D eigenvalue weighted by Gasteiger charge is 2.49. The van der Waals surface area contributed by atoms with Crippen LogP contribution < -0.4 is 0 Å². The lowest BCUT2D eigenvalue weighted by Crippen LogP contribution is -2.49. The summed E-state index contributed by atoms with van der Waals surface area (Å²) in [6, 6.07) is 4.53. The molecule has 134 valence electrons. The largest absolute Gasteiger partial charge is 0.389 e. The zero-order chi connectivity index (χ0) is 16.8. The van der Waals surface area contributed by atoms with E-state index in [2.05, 4.69) is 41.4 Å². The van der Waals surface area contributed by atoms with E-state index in [0.717, 1.165) is 19.4 Å². The van der Waals surface area contributed by atoms with Crippen molar-refractivity contribution >= 4 is 11.3 Å². The third-order valence-electron chi connectivity index (χ3n) is 7.29. The summed E-state index contributed by atoms with van der Waals surface area (Å²) in [5.74, 6) is 0. The molecule has 2 saturated carbocycles. The third kappa shape index (κ3) is 2.86. The topological polar surface area (TPSA) is 26.7 Å². The Hall–Kier alpha value is -0.420. The molecule has 2 heterocycles. The first-order chi connectivity index (χ1) is 11.5. The number of nitrogens with zero attached hydrogens (tertiary/aromatic N) is 2. The van der Waals surface area contributed by atoms with E-state index in [1.54, 1.807) is 4.88 Å². The van der Waals surface area contributed by atoms with Gasteiger partial charge in [0.1, 0.15) is 0 Å². The van der Waals surface area contributed by atoms with Crippen LogP contribution in [0, 0.1) is 5.41 Å². The maximum absolute atomic E-state index is 10.5. The Morgan fingerprint density at radius 2 is 1.88 bits per heavy atom. The average Bonchev–Trinajstić information content (AvgIpc) is 3.18. The van der Waals surface area contributed by atoms with E-state index < -0.39 is 0 Å². The SMILES string of the molecule is CN(C)C1(c2cccs2)CCC2(CCN(CC3(O)CCC3)C2)CC1. The molecule has 0 bridgehead atoms. The van der Waals surface area contributed by atoms with Crippen molar-refractivity contribution in [3.8, 4) is 0 Å². The Bertz CT molecular complexity index is 556. The van der Waals surface area contributed by atoms with Crippen molar-refractivity contribution in [3.63, 3.8) is 0 Å². The summed E-state index contributed by atoms with van der Waals surface area (Å²) in [6.45, 7) is 3.32. The van der Waals surface area contributed by atoms with E-state index in [1.165, 1.54) is 51.6 Å². The Balaban J connectivity index is 1.42. The van der Waals surface area contributed by atoms with E-state index in [1.807, 2.05) is 11.3 Å². The highest BCUT2D eigenvalue weighted by Crippen LogP contribution is 2.52. The first-order valence-electron chi connectivity index (χ1n) is 9.62. The van der Waals surface area contributed by atoms with E-state index >= 15 is 0 Å². The van der Waals surface area contributed by atoms with Crippen LogP contribution in [0.2, 0.25) is 0 Å². The monoisotopic (exact) mass is 348 g/mol. The molecule has 4 heteroatoms. The van der Waals surface area contributed by atoms with Crippen LogP contribution in [0.15, 0.2) is 17.5 Å². The molecule has 3 aliphatic rings. The molecule has 1 aliphatic heterocycles. The van der Waals surface area contributed by atoms with Crippen LogP contribution in [0.1, 0.15) is 56.2 Å². The number of aliphatic hydroxyl groups is 1. The Morgan fingerprint density at radius 1 is 1.12 bits per heavy atom. The van der Waals surface area contributed by atoms with Crippen LogP contribution >= 0.6 is 11.3 Å². The molecule has 0 unspecified atom stereocenters. The standard InChI is InChI=1S/C20H32N2OS/c1-21(2)20(17-5-3-14-24-17)10-8-18(9-11-20)12-13-22(15-18)16-19(23)6-4-7-19/h3,5,14,23H,4,6-13,15-16H2,1-2H3. The smallest absolute Gasteiger partial charge is 0.0774 e. The average molecular weight is 349 g/mol. The number of β-amino-alcohol motifs (C(OH)–C–C–N with tert-alkyl or cyclic N) is 1. The normalized spacial score (nSPS) is 36.3. The van der Waals surface area contributed by atoms with Gasteiger partial charge in [0.25, 0.3) is 0 Å². The van der Waals surface area contributed by atoms with Gasteiger partial charge in [0.15, 0.2) is 0 Å². The van der Waals surface area contributed by atoms with Gasteiger partial charge in [-0.3, -0.25) is 9.80 Å². The van der Waals surface area contributed by atoms with E-state index in [0.29, 0.717) is 5.41 Å². The lowest BCUT2D eigenvalue weighted by Gasteiger charge is -2.48. The molecule has 1 saturated heterocycles. The Kier molecular flexibility index (Phi) is 4.31. The number of hydrogen-bond donors (Lipinski definition) is 1. The van der Waals surface area contributed by atoms with Crippen molar-refractivity contribution in [2.24, 2.45) is 5.41 Å². The molecule has 3 nitrogen and oxygen atoms in total. The molecule has 0 amide bonds. The molecular weight excluding hydrogens is 316 g/mol. The molecule has 24 heavy (non-hydrogen) atoms. The van der Waals surface area contributed by atoms with Gasteiger partial charge in [-0.15, -0.1) is 11.3 Å². The highest BCUT2D eigenvalue weighted by atomic mass is 32.1. The minimum atomic E-state index is -0.357. The van der Waals surface area contributed by atoms with Gasteiger partial charge in [-0.2, -0.15) is 0 Å². The molecule has 0 aromatic carbocycles. The zero-order valence-corrected chi connectivity index (χ0v) is 16.1. The van der Waals surface area contributed by atoms with Gasteiger partial charge < -0.3 is 5.11 Å². The molecule has 4 rings (SSSR count). The lowest BCUT2D eigenvalue weighted by molar-refractivity contribution is -0.0579. The van der Waals surface area contributed by atoms with Crippen molar-refractivity contribution in [3.05, 3.63) is 22.4 Å². The van der Waals surface area contributed by atoms with E-state index in [9.17, 15) is 5.11 Å². The number of rotatable bonds is 4. The van der Waals surface area contributed by atoms with Crippen molar-refractivity contribution in [1.82, 2.24) is 9.80 Å². The first-order valence-corrected chi connectivity index (χ1v) is 10.5. The van der Waals surface area contributed by atoms with Crippen LogP contribution in [-0.4, -0.2) is 54.2 Å². The van der Waals surface area contributed by atoms with Crippen LogP contribution in [0.4, 0.5) is 0 Å². The lowest BCUT2D eigenvalue weighted by atomic mass is 9.66. The minimum Gasteiger partial charge on any atom is -0.389 e. The van der Waals surface area contributed by atoms with Crippen molar-refractivity contribution in [1.29, 1.82) is 0 Å². The van der Waals surface area contributed by atoms with Crippen molar-refractivity contribution < 1.29 is 5.11 Å². The molecule has 1 spiro atoms. The summed E-state index contributed by atoms with van der Waals surface area (Å²) in [5.41, 5.74) is 0.403. The summed E-state index contributed by atoms with van der Waals surface area (Å²) in [7, 11) is 4.51. The molecule has 3 fully saturated rings. The predicted molar refractivity (Wildman–Crippen MR) is 100 cm³/mol. The highest BCUT2D eigenvalue weighted by molar-refractivity contribution is 7.10. The van der Waals surface area contributed by atoms with E-state index in [-0.39, 0.29) is 11.1 Å². The van der Waals surface area contributed by atoms with Crippen molar-refractivity contribution in [2.45, 2.75) is 62.5 Å². The van der Waals surface area contributed by atoms with Gasteiger partial charge in [-0.05, 0) is 88.9 Å². The Labute approximate surface area is 150 Å². The molecule has 0 radical (unpaired) electrons. The van der Waals surface area contributed by atoms with Gasteiger partial charge in [-0.1, -0.05) is 6.07 Å². The summed E-state index contributed by atoms with van der Waals surface area (Å²) < 4.78 is 0. The van der Waals surface area contributed by atoms with Gasteiger partial charge in [0, 0.05) is 18.0 Å². The molecular formula is C20H32N2OS. The number of thiophene rings is 1. The number of likely N-dealkylation sites (tertiary alicyclic amines) is 1.